The Balaban J connectivity index is 0.992. The molecular weight excluding hydrogens is 1300 g/mol. The van der Waals surface area contributed by atoms with Crippen LogP contribution < -0.4 is 26.2 Å². The molecule has 1 aromatic heterocycles. The molecule has 3 nitrogen and oxygen atoms in total. The van der Waals surface area contributed by atoms with Gasteiger partial charge in [0.15, 0.2) is 0 Å². The minimum atomic E-state index is -0.303. The van der Waals surface area contributed by atoms with E-state index in [9.17, 15) is 0 Å². The van der Waals surface area contributed by atoms with Crippen LogP contribution in [0.2, 0.25) is 0 Å². The Morgan fingerprint density at radius 2 is 0.546 bits per heavy atom. The molecule has 4 heteroatoms. The van der Waals surface area contributed by atoms with Crippen molar-refractivity contribution in [2.24, 2.45) is 0 Å². The van der Waals surface area contributed by atoms with Gasteiger partial charge >= 0.3 is 0 Å². The third kappa shape index (κ3) is 12.6. The van der Waals surface area contributed by atoms with E-state index in [0.717, 1.165) is 56.4 Å². The van der Waals surface area contributed by atoms with Gasteiger partial charge < -0.3 is 14.4 Å². The molecule has 0 aliphatic carbocycles. The topological polar surface area (TPSA) is 11.4 Å². The first-order chi connectivity index (χ1) is 51.7. The third-order valence-corrected chi connectivity index (χ3v) is 22.9. The molecule has 3 heterocycles. The molecule has 0 saturated heterocycles. The molecule has 0 bridgehead atoms. The molecular formula is C104H96BN3. The summed E-state index contributed by atoms with van der Waals surface area (Å²) in [6, 6.07) is 119. The van der Waals surface area contributed by atoms with Gasteiger partial charge in [-0.2, -0.15) is 0 Å². The maximum absolute atomic E-state index is 2.68. The summed E-state index contributed by atoms with van der Waals surface area (Å²) in [6.07, 6.45) is 0. The van der Waals surface area contributed by atoms with E-state index in [1.807, 2.05) is 0 Å². The van der Waals surface area contributed by atoms with Crippen molar-refractivity contribution >= 4 is 79.0 Å². The van der Waals surface area contributed by atoms with Gasteiger partial charge in [0.05, 0.1) is 22.4 Å². The van der Waals surface area contributed by atoms with Gasteiger partial charge in [-0.25, -0.2) is 0 Å². The average Bonchev–Trinajstić information content (AvgIpc) is 0.720. The lowest BCUT2D eigenvalue weighted by molar-refractivity contribution is 0.569. The number of benzene rings is 14. The molecule has 530 valence electrons. The predicted molar refractivity (Wildman–Crippen MR) is 466 cm³/mol. The highest BCUT2D eigenvalue weighted by molar-refractivity contribution is 7.00. The Labute approximate surface area is 641 Å². The lowest BCUT2D eigenvalue weighted by atomic mass is 9.33. The summed E-state index contributed by atoms with van der Waals surface area (Å²) in [4.78, 5) is 5.37. The van der Waals surface area contributed by atoms with E-state index in [1.165, 1.54) is 127 Å². The van der Waals surface area contributed by atoms with Gasteiger partial charge in [-0.3, -0.25) is 0 Å². The monoisotopic (exact) mass is 1400 g/mol. The summed E-state index contributed by atoms with van der Waals surface area (Å²) in [6.45, 7) is 35.1. The van der Waals surface area contributed by atoms with Crippen molar-refractivity contribution in [1.29, 1.82) is 0 Å². The third-order valence-electron chi connectivity index (χ3n) is 22.9. The van der Waals surface area contributed by atoms with Crippen LogP contribution in [0, 0.1) is 0 Å². The molecule has 108 heavy (non-hydrogen) atoms. The quantitative estimate of drug-likeness (QED) is 0.126. The van der Waals surface area contributed by atoms with Crippen LogP contribution in [0.3, 0.4) is 0 Å². The van der Waals surface area contributed by atoms with E-state index in [4.69, 9.17) is 0 Å². The minimum Gasteiger partial charge on any atom is -0.311 e. The first-order valence-corrected chi connectivity index (χ1v) is 38.7. The smallest absolute Gasteiger partial charge is 0.252 e. The summed E-state index contributed by atoms with van der Waals surface area (Å²) >= 11 is 0. The molecule has 0 atom stereocenters. The Hall–Kier alpha value is -11.5. The van der Waals surface area contributed by atoms with E-state index >= 15 is 0 Å². The van der Waals surface area contributed by atoms with Crippen molar-refractivity contribution in [3.05, 3.63) is 337 Å². The van der Waals surface area contributed by atoms with E-state index < -0.39 is 0 Å². The lowest BCUT2D eigenvalue weighted by Crippen LogP contribution is -2.61. The highest BCUT2D eigenvalue weighted by Crippen LogP contribution is 2.53. The fourth-order valence-corrected chi connectivity index (χ4v) is 16.7. The number of para-hydroxylation sites is 2. The van der Waals surface area contributed by atoms with Crippen LogP contribution in [0.4, 0.5) is 34.1 Å². The number of hydrogen-bond donors (Lipinski definition) is 0. The van der Waals surface area contributed by atoms with Crippen molar-refractivity contribution in [2.75, 3.05) is 9.80 Å². The van der Waals surface area contributed by atoms with Gasteiger partial charge in [0.1, 0.15) is 0 Å². The molecule has 0 N–H and O–H groups in total. The van der Waals surface area contributed by atoms with Gasteiger partial charge in [0, 0.05) is 50.3 Å². The van der Waals surface area contributed by atoms with Crippen LogP contribution >= 0.6 is 0 Å². The van der Waals surface area contributed by atoms with Gasteiger partial charge in [0.2, 0.25) is 0 Å². The van der Waals surface area contributed by atoms with Crippen LogP contribution in [-0.4, -0.2) is 11.3 Å². The Morgan fingerprint density at radius 1 is 0.213 bits per heavy atom. The molecule has 0 saturated carbocycles. The highest BCUT2D eigenvalue weighted by Gasteiger charge is 2.46. The molecule has 2 aliphatic heterocycles. The standard InChI is InChI=1S/C104H96BN3/c1-100(2,3)79-45-50-93-87(62-79)88-63-80(101(4,5)6)46-51-94(88)106(93)84-47-49-90-96(66-84)108(92-43-31-29-41-86(92)78-56-74(69-36-24-18-25-37-69)53-75(57-78)70-38-26-19-27-39-70)98-65-83(104(13,14)15)64-97-99(98)105(90)89-48-44-71(76-58-81(102(7,8)9)61-82(59-76)103(10,11)12)60-95(89)107(97)91-42-30-28-40-85(91)77-54-72(67-32-20-16-21-33-67)52-73(55-77)68-34-22-17-23-35-68/h16-66H,1-15H3. The molecule has 0 spiro atoms. The Bertz CT molecular complexity index is 5780. The van der Waals surface area contributed by atoms with Crippen molar-refractivity contribution in [3.63, 3.8) is 0 Å². The second kappa shape index (κ2) is 26.2. The van der Waals surface area contributed by atoms with Crippen molar-refractivity contribution in [3.8, 4) is 83.6 Å². The van der Waals surface area contributed by atoms with Crippen LogP contribution in [0.1, 0.15) is 132 Å². The summed E-state index contributed by atoms with van der Waals surface area (Å²) in [5, 5.41) is 2.53. The number of anilines is 6. The van der Waals surface area contributed by atoms with Gasteiger partial charge in [-0.1, -0.05) is 310 Å². The maximum Gasteiger partial charge on any atom is 0.252 e. The molecule has 0 unspecified atom stereocenters. The second-order valence-corrected chi connectivity index (χ2v) is 35.5. The maximum atomic E-state index is 2.68. The number of fused-ring (bicyclic) bond motifs is 7. The molecule has 17 rings (SSSR count). The normalized spacial score (nSPS) is 13.1. The molecule has 0 fully saturated rings. The molecule has 14 aromatic carbocycles. The van der Waals surface area contributed by atoms with Crippen molar-refractivity contribution in [1.82, 2.24) is 4.57 Å². The Morgan fingerprint density at radius 3 is 0.935 bits per heavy atom. The van der Waals surface area contributed by atoms with Crippen molar-refractivity contribution in [2.45, 2.75) is 131 Å². The largest absolute Gasteiger partial charge is 0.311 e. The number of aromatic nitrogens is 1. The highest BCUT2D eigenvalue weighted by atomic mass is 15.2. The van der Waals surface area contributed by atoms with E-state index in [2.05, 4.69) is 428 Å². The fourth-order valence-electron chi connectivity index (χ4n) is 16.7. The summed E-state index contributed by atoms with van der Waals surface area (Å²) in [5.41, 5.74) is 36.4. The van der Waals surface area contributed by atoms with Gasteiger partial charge in [0.25, 0.3) is 6.71 Å². The van der Waals surface area contributed by atoms with Crippen molar-refractivity contribution < 1.29 is 0 Å². The number of rotatable bonds is 10. The number of hydrogen-bond acceptors (Lipinski definition) is 2. The summed E-state index contributed by atoms with van der Waals surface area (Å²) in [5.74, 6) is 0. The van der Waals surface area contributed by atoms with E-state index in [1.54, 1.807) is 0 Å². The molecule has 15 aromatic rings. The SMILES string of the molecule is CC(C)(C)c1cc(-c2ccc3c(c2)N(c2ccccc2-c2cc(-c4ccccc4)cc(-c4ccccc4)c2)c2cc(C(C)(C)C)cc4c2B3c2ccc(-n3c5ccc(C(C)(C)C)cc5c5cc(C(C)(C)C)ccc53)cc2N4c2ccccc2-c2cc(-c3ccccc3)cc(-c3ccccc3)c2)cc(C(C)(C)C)c1. The zero-order valence-corrected chi connectivity index (χ0v) is 65.4. The van der Waals surface area contributed by atoms with E-state index in [-0.39, 0.29) is 33.8 Å². The first kappa shape index (κ1) is 69.6. The van der Waals surface area contributed by atoms with Gasteiger partial charge in [-0.15, -0.1) is 0 Å². The van der Waals surface area contributed by atoms with Crippen LogP contribution in [0.25, 0.3) is 105 Å². The average molecular weight is 1400 g/mol. The van der Waals surface area contributed by atoms with Crippen LogP contribution in [0.5, 0.6) is 0 Å². The second-order valence-electron chi connectivity index (χ2n) is 35.5. The Kier molecular flexibility index (Phi) is 16.9. The minimum absolute atomic E-state index is 0.0511. The zero-order valence-electron chi connectivity index (χ0n) is 65.4. The van der Waals surface area contributed by atoms with Crippen LogP contribution in [-0.2, 0) is 27.1 Å². The molecule has 0 radical (unpaired) electrons. The van der Waals surface area contributed by atoms with Gasteiger partial charge in [-0.05, 0) is 241 Å². The first-order valence-electron chi connectivity index (χ1n) is 38.7. The summed E-state index contributed by atoms with van der Waals surface area (Å²) < 4.78 is 2.56. The lowest BCUT2D eigenvalue weighted by Gasteiger charge is -2.46. The summed E-state index contributed by atoms with van der Waals surface area (Å²) in [7, 11) is 0. The fraction of sp³-hybridized carbons (Fsp3) is 0.192. The number of nitrogens with zero attached hydrogens (tertiary/aromatic N) is 3. The molecule has 0 amide bonds. The van der Waals surface area contributed by atoms with E-state index in [0.29, 0.717) is 0 Å². The molecule has 2 aliphatic rings. The van der Waals surface area contributed by atoms with Crippen LogP contribution in [0.15, 0.2) is 309 Å². The zero-order chi connectivity index (χ0) is 74.9. The predicted octanol–water partition coefficient (Wildman–Crippen LogP) is 27.0.